The lowest BCUT2D eigenvalue weighted by atomic mass is 10.1. The van der Waals surface area contributed by atoms with E-state index in [0.29, 0.717) is 31.0 Å². The number of ether oxygens (including phenoxy) is 1. The van der Waals surface area contributed by atoms with E-state index >= 15 is 0 Å². The van der Waals surface area contributed by atoms with Gasteiger partial charge in [0.15, 0.2) is 11.5 Å². The highest BCUT2D eigenvalue weighted by Crippen LogP contribution is 2.26. The molecule has 3 aromatic rings. The van der Waals surface area contributed by atoms with E-state index in [1.807, 2.05) is 36.4 Å². The summed E-state index contributed by atoms with van der Waals surface area (Å²) in [5, 5.41) is 2.89. The highest BCUT2D eigenvalue weighted by molar-refractivity contribution is 6.07. The molecule has 3 heterocycles. The number of anilines is 3. The fraction of sp³-hybridized carbons (Fsp3) is 0.238. The topological polar surface area (TPSA) is 106 Å². The van der Waals surface area contributed by atoms with Gasteiger partial charge >= 0.3 is 0 Å². The molecule has 2 aromatic heterocycles. The molecule has 0 atom stereocenters. The monoisotopic (exact) mass is 390 g/mol. The second-order valence-corrected chi connectivity index (χ2v) is 6.70. The number of carbonyl (C=O) groups excluding carboxylic acids is 1. The maximum atomic E-state index is 12.9. The van der Waals surface area contributed by atoms with Crippen LogP contribution in [0.2, 0.25) is 0 Å². The fourth-order valence-electron chi connectivity index (χ4n) is 3.24. The number of benzene rings is 1. The summed E-state index contributed by atoms with van der Waals surface area (Å²) >= 11 is 0. The number of rotatable bonds is 5. The lowest BCUT2D eigenvalue weighted by Gasteiger charge is -2.30. The van der Waals surface area contributed by atoms with Crippen LogP contribution in [0.4, 0.5) is 17.2 Å². The highest BCUT2D eigenvalue weighted by Gasteiger charge is 2.19. The first-order valence-corrected chi connectivity index (χ1v) is 9.44. The van der Waals surface area contributed by atoms with E-state index in [9.17, 15) is 4.79 Å². The van der Waals surface area contributed by atoms with Crippen molar-refractivity contribution in [1.82, 2.24) is 15.0 Å². The Kier molecular flexibility index (Phi) is 5.62. The van der Waals surface area contributed by atoms with Crippen molar-refractivity contribution in [2.24, 2.45) is 0 Å². The minimum atomic E-state index is -0.410. The molecule has 3 N–H and O–H groups in total. The Morgan fingerprint density at radius 1 is 1.14 bits per heavy atom. The Morgan fingerprint density at radius 2 is 1.93 bits per heavy atom. The van der Waals surface area contributed by atoms with Gasteiger partial charge in [0.2, 0.25) is 0 Å². The molecule has 4 rings (SSSR count). The molecule has 0 bridgehead atoms. The Labute approximate surface area is 168 Å². The lowest BCUT2D eigenvalue weighted by Crippen LogP contribution is -2.36. The van der Waals surface area contributed by atoms with Gasteiger partial charge in [-0.3, -0.25) is 9.78 Å². The van der Waals surface area contributed by atoms with Gasteiger partial charge in [-0.25, -0.2) is 9.97 Å². The van der Waals surface area contributed by atoms with Gasteiger partial charge in [-0.05, 0) is 11.6 Å². The molecular weight excluding hydrogens is 368 g/mol. The summed E-state index contributed by atoms with van der Waals surface area (Å²) in [5.74, 6) is -0.316. The molecule has 1 aliphatic heterocycles. The Bertz CT molecular complexity index is 989. The first kappa shape index (κ1) is 18.8. The average Bonchev–Trinajstić information content (AvgIpc) is 2.77. The lowest BCUT2D eigenvalue weighted by molar-refractivity contribution is 0.102. The first-order chi connectivity index (χ1) is 14.2. The zero-order valence-electron chi connectivity index (χ0n) is 15.9. The maximum absolute atomic E-state index is 12.9. The van der Waals surface area contributed by atoms with E-state index in [0.717, 1.165) is 24.3 Å². The van der Waals surface area contributed by atoms with Crippen LogP contribution in [-0.4, -0.2) is 47.2 Å². The third kappa shape index (κ3) is 4.49. The second-order valence-electron chi connectivity index (χ2n) is 6.70. The molecule has 8 heteroatoms. The molecule has 29 heavy (non-hydrogen) atoms. The minimum absolute atomic E-state index is 0.0936. The summed E-state index contributed by atoms with van der Waals surface area (Å²) in [4.78, 5) is 27.8. The average molecular weight is 390 g/mol. The van der Waals surface area contributed by atoms with Crippen LogP contribution < -0.4 is 16.0 Å². The summed E-state index contributed by atoms with van der Waals surface area (Å²) in [6.45, 7) is 2.80. The predicted octanol–water partition coefficient (Wildman–Crippen LogP) is 2.13. The van der Waals surface area contributed by atoms with Crippen molar-refractivity contribution in [2.45, 2.75) is 6.42 Å². The molecule has 0 aliphatic carbocycles. The third-order valence-corrected chi connectivity index (χ3v) is 4.69. The molecule has 1 aromatic carbocycles. The Balaban J connectivity index is 1.55. The van der Waals surface area contributed by atoms with Gasteiger partial charge in [0.1, 0.15) is 0 Å². The fourth-order valence-corrected chi connectivity index (χ4v) is 3.24. The van der Waals surface area contributed by atoms with E-state index < -0.39 is 5.91 Å². The van der Waals surface area contributed by atoms with Gasteiger partial charge in [0.05, 0.1) is 42.7 Å². The molecule has 1 amide bonds. The smallest absolute Gasteiger partial charge is 0.278 e. The van der Waals surface area contributed by atoms with Crippen molar-refractivity contribution in [3.8, 4) is 0 Å². The minimum Gasteiger partial charge on any atom is -0.382 e. The first-order valence-electron chi connectivity index (χ1n) is 9.44. The van der Waals surface area contributed by atoms with E-state index in [1.165, 1.54) is 0 Å². The molecule has 0 unspecified atom stereocenters. The number of amides is 1. The van der Waals surface area contributed by atoms with Crippen LogP contribution in [0.5, 0.6) is 0 Å². The Hall–Kier alpha value is -3.52. The van der Waals surface area contributed by atoms with Crippen molar-refractivity contribution >= 4 is 23.1 Å². The molecule has 148 valence electrons. The van der Waals surface area contributed by atoms with Crippen LogP contribution in [0.1, 0.15) is 21.7 Å². The maximum Gasteiger partial charge on any atom is 0.278 e. The van der Waals surface area contributed by atoms with Gasteiger partial charge in [-0.15, -0.1) is 0 Å². The number of morpholine rings is 1. The molecule has 0 saturated carbocycles. The van der Waals surface area contributed by atoms with E-state index in [1.54, 1.807) is 18.6 Å². The number of hydrogen-bond donors (Lipinski definition) is 2. The van der Waals surface area contributed by atoms with Gasteiger partial charge in [0, 0.05) is 25.7 Å². The SMILES string of the molecule is Nc1ncc(Cc2ccccc2)nc1C(=O)Nc1cnccc1N1CCOCC1. The normalized spacial score (nSPS) is 13.9. The standard InChI is InChI=1S/C21H22N6O2/c22-20-19(25-16(13-24-20)12-15-4-2-1-3-5-15)21(28)26-17-14-23-7-6-18(17)27-8-10-29-11-9-27/h1-7,13-14H,8-12H2,(H2,22,24)(H,26,28). The van der Waals surface area contributed by atoms with Crippen LogP contribution in [-0.2, 0) is 11.2 Å². The second kappa shape index (κ2) is 8.66. The quantitative estimate of drug-likeness (QED) is 0.687. The van der Waals surface area contributed by atoms with Crippen LogP contribution in [0.15, 0.2) is 55.0 Å². The summed E-state index contributed by atoms with van der Waals surface area (Å²) in [6, 6.07) is 11.8. The zero-order valence-corrected chi connectivity index (χ0v) is 15.9. The molecular formula is C21H22N6O2. The van der Waals surface area contributed by atoms with Crippen molar-refractivity contribution in [3.05, 3.63) is 71.9 Å². The van der Waals surface area contributed by atoms with Gasteiger partial charge in [-0.2, -0.15) is 0 Å². The number of carbonyl (C=O) groups is 1. The van der Waals surface area contributed by atoms with Gasteiger partial charge < -0.3 is 20.7 Å². The van der Waals surface area contributed by atoms with E-state index in [-0.39, 0.29) is 11.5 Å². The third-order valence-electron chi connectivity index (χ3n) is 4.69. The van der Waals surface area contributed by atoms with Crippen LogP contribution in [0.3, 0.4) is 0 Å². The summed E-state index contributed by atoms with van der Waals surface area (Å²) < 4.78 is 5.41. The zero-order chi connectivity index (χ0) is 20.1. The number of nitrogens with one attached hydrogen (secondary N) is 1. The number of nitrogens with zero attached hydrogens (tertiary/aromatic N) is 4. The summed E-state index contributed by atoms with van der Waals surface area (Å²) in [6.07, 6.45) is 5.50. The van der Waals surface area contributed by atoms with Crippen LogP contribution >= 0.6 is 0 Å². The van der Waals surface area contributed by atoms with Crippen molar-refractivity contribution in [1.29, 1.82) is 0 Å². The number of nitrogens with two attached hydrogens (primary N) is 1. The van der Waals surface area contributed by atoms with Crippen LogP contribution in [0.25, 0.3) is 0 Å². The van der Waals surface area contributed by atoms with Crippen molar-refractivity contribution in [2.75, 3.05) is 42.3 Å². The molecule has 1 fully saturated rings. The number of hydrogen-bond acceptors (Lipinski definition) is 7. The van der Waals surface area contributed by atoms with Gasteiger partial charge in [0.25, 0.3) is 5.91 Å². The van der Waals surface area contributed by atoms with Gasteiger partial charge in [-0.1, -0.05) is 30.3 Å². The Morgan fingerprint density at radius 3 is 2.72 bits per heavy atom. The van der Waals surface area contributed by atoms with E-state index in [2.05, 4.69) is 25.2 Å². The summed E-state index contributed by atoms with van der Waals surface area (Å²) in [5.41, 5.74) is 9.30. The van der Waals surface area contributed by atoms with Crippen molar-refractivity contribution in [3.63, 3.8) is 0 Å². The molecule has 1 saturated heterocycles. The van der Waals surface area contributed by atoms with E-state index in [4.69, 9.17) is 10.5 Å². The number of aromatic nitrogens is 3. The molecule has 1 aliphatic rings. The van der Waals surface area contributed by atoms with Crippen molar-refractivity contribution < 1.29 is 9.53 Å². The molecule has 0 radical (unpaired) electrons. The highest BCUT2D eigenvalue weighted by atomic mass is 16.5. The number of nitrogen functional groups attached to an aromatic ring is 1. The molecule has 0 spiro atoms. The largest absolute Gasteiger partial charge is 0.382 e. The summed E-state index contributed by atoms with van der Waals surface area (Å²) in [7, 11) is 0. The predicted molar refractivity (Wildman–Crippen MR) is 111 cm³/mol. The van der Waals surface area contributed by atoms with Crippen LogP contribution in [0, 0.1) is 0 Å². The number of pyridine rings is 1. The molecule has 8 nitrogen and oxygen atoms in total.